The minimum atomic E-state index is -4.36. The number of rotatable bonds is 4. The highest BCUT2D eigenvalue weighted by molar-refractivity contribution is 5.96. The minimum absolute atomic E-state index is 0.0171. The predicted molar refractivity (Wildman–Crippen MR) is 58.4 cm³/mol. The number of nitrogens with two attached hydrogens (primary N) is 1. The number of hydrogen-bond donors (Lipinski definition) is 1. The first-order chi connectivity index (χ1) is 8.35. The number of carbonyl (C=O) groups is 1. The monoisotopic (exact) mass is 263 g/mol. The zero-order valence-electron chi connectivity index (χ0n) is 9.58. The highest BCUT2D eigenvalue weighted by Gasteiger charge is 2.27. The molecule has 7 heteroatoms. The van der Waals surface area contributed by atoms with Crippen molar-refractivity contribution in [1.29, 1.82) is 0 Å². The first kappa shape index (κ1) is 14.1. The molecule has 0 saturated carbocycles. The van der Waals surface area contributed by atoms with E-state index in [1.165, 1.54) is 25.3 Å². The standard InChI is InChI=1S/C11H12F3NO3/c1-17-8-4-2-3-7(9(8)15)10(16)18-6-5-11(12,13)14/h2-4H,5-6,15H2,1H3. The number of carbonyl (C=O) groups excluding carboxylic acids is 1. The first-order valence-corrected chi connectivity index (χ1v) is 5.01. The molecule has 0 atom stereocenters. The molecule has 18 heavy (non-hydrogen) atoms. The minimum Gasteiger partial charge on any atom is -0.495 e. The van der Waals surface area contributed by atoms with Gasteiger partial charge >= 0.3 is 12.1 Å². The molecular formula is C11H12F3NO3. The van der Waals surface area contributed by atoms with Crippen LogP contribution in [0.2, 0.25) is 0 Å². The van der Waals surface area contributed by atoms with Gasteiger partial charge in [0.2, 0.25) is 0 Å². The summed E-state index contributed by atoms with van der Waals surface area (Å²) in [6.45, 7) is -0.737. The van der Waals surface area contributed by atoms with Gasteiger partial charge in [-0.3, -0.25) is 0 Å². The summed E-state index contributed by atoms with van der Waals surface area (Å²) in [5.41, 5.74) is 5.63. The summed E-state index contributed by atoms with van der Waals surface area (Å²) in [5, 5.41) is 0. The first-order valence-electron chi connectivity index (χ1n) is 5.01. The molecule has 0 aliphatic rings. The molecule has 0 amide bonds. The van der Waals surface area contributed by atoms with Crippen molar-refractivity contribution in [3.63, 3.8) is 0 Å². The molecule has 0 heterocycles. The molecule has 0 saturated heterocycles. The van der Waals surface area contributed by atoms with Crippen LogP contribution < -0.4 is 10.5 Å². The number of hydrogen-bond acceptors (Lipinski definition) is 4. The van der Waals surface area contributed by atoms with E-state index in [0.29, 0.717) is 0 Å². The Kier molecular flexibility index (Phi) is 4.41. The Bertz CT molecular complexity index is 432. The Hall–Kier alpha value is -1.92. The lowest BCUT2D eigenvalue weighted by Gasteiger charge is -2.10. The Morgan fingerprint density at radius 2 is 2.06 bits per heavy atom. The molecule has 2 N–H and O–H groups in total. The molecule has 0 unspecified atom stereocenters. The fourth-order valence-corrected chi connectivity index (χ4v) is 1.24. The van der Waals surface area contributed by atoms with E-state index in [1.54, 1.807) is 0 Å². The average molecular weight is 263 g/mol. The van der Waals surface area contributed by atoms with Gasteiger partial charge in [0.05, 0.1) is 24.8 Å². The molecule has 4 nitrogen and oxygen atoms in total. The van der Waals surface area contributed by atoms with Crippen LogP contribution >= 0.6 is 0 Å². The van der Waals surface area contributed by atoms with Crippen molar-refractivity contribution in [2.75, 3.05) is 19.5 Å². The molecule has 0 bridgehead atoms. The van der Waals surface area contributed by atoms with Crippen molar-refractivity contribution in [2.24, 2.45) is 0 Å². The number of para-hydroxylation sites is 1. The van der Waals surface area contributed by atoms with E-state index in [2.05, 4.69) is 4.74 Å². The second-order valence-electron chi connectivity index (χ2n) is 3.42. The van der Waals surface area contributed by atoms with Gasteiger partial charge in [-0.2, -0.15) is 13.2 Å². The van der Waals surface area contributed by atoms with Gasteiger partial charge in [-0.25, -0.2) is 4.79 Å². The number of alkyl halides is 3. The largest absolute Gasteiger partial charge is 0.495 e. The predicted octanol–water partition coefficient (Wildman–Crippen LogP) is 2.39. The molecule has 0 fully saturated rings. The van der Waals surface area contributed by atoms with Crippen LogP contribution in [0.3, 0.4) is 0 Å². The van der Waals surface area contributed by atoms with Crippen molar-refractivity contribution >= 4 is 11.7 Å². The number of halogens is 3. The number of ether oxygens (including phenoxy) is 2. The summed E-state index contributed by atoms with van der Waals surface area (Å²) in [6, 6.07) is 4.38. The molecule has 0 aliphatic carbocycles. The van der Waals surface area contributed by atoms with E-state index in [1.807, 2.05) is 0 Å². The molecule has 1 aromatic rings. The molecule has 0 spiro atoms. The number of benzene rings is 1. The molecular weight excluding hydrogens is 251 g/mol. The van der Waals surface area contributed by atoms with Gasteiger partial charge in [0.1, 0.15) is 12.4 Å². The summed E-state index contributed by atoms with van der Waals surface area (Å²) < 4.78 is 45.0. The van der Waals surface area contributed by atoms with Crippen molar-refractivity contribution in [2.45, 2.75) is 12.6 Å². The number of methoxy groups -OCH3 is 1. The zero-order valence-corrected chi connectivity index (χ0v) is 9.58. The van der Waals surface area contributed by atoms with Crippen molar-refractivity contribution in [3.05, 3.63) is 23.8 Å². The van der Waals surface area contributed by atoms with E-state index < -0.39 is 25.2 Å². The topological polar surface area (TPSA) is 61.5 Å². The third-order valence-corrected chi connectivity index (χ3v) is 2.12. The van der Waals surface area contributed by atoms with Crippen molar-refractivity contribution in [1.82, 2.24) is 0 Å². The van der Waals surface area contributed by atoms with Gasteiger partial charge in [0.15, 0.2) is 0 Å². The molecule has 1 rings (SSSR count). The van der Waals surface area contributed by atoms with Crippen LogP contribution in [0.1, 0.15) is 16.8 Å². The van der Waals surface area contributed by atoms with Gasteiger partial charge < -0.3 is 15.2 Å². The summed E-state index contributed by atoms with van der Waals surface area (Å²) in [7, 11) is 1.37. The van der Waals surface area contributed by atoms with Crippen LogP contribution in [0.15, 0.2) is 18.2 Å². The Balaban J connectivity index is 2.68. The molecule has 0 aromatic heterocycles. The Labute approximate surface area is 101 Å². The van der Waals surface area contributed by atoms with E-state index in [0.717, 1.165) is 0 Å². The number of esters is 1. The molecule has 0 aliphatic heterocycles. The summed E-state index contributed by atoms with van der Waals surface area (Å²) >= 11 is 0. The highest BCUT2D eigenvalue weighted by atomic mass is 19.4. The zero-order chi connectivity index (χ0) is 13.8. The molecule has 0 radical (unpaired) electrons. The Morgan fingerprint density at radius 1 is 1.39 bits per heavy atom. The maximum atomic E-state index is 11.9. The van der Waals surface area contributed by atoms with E-state index in [9.17, 15) is 18.0 Å². The third-order valence-electron chi connectivity index (χ3n) is 2.12. The third kappa shape index (κ3) is 3.83. The van der Waals surface area contributed by atoms with Gasteiger partial charge in [-0.05, 0) is 12.1 Å². The lowest BCUT2D eigenvalue weighted by molar-refractivity contribution is -0.141. The second kappa shape index (κ2) is 5.61. The van der Waals surface area contributed by atoms with E-state index in [4.69, 9.17) is 10.5 Å². The lowest BCUT2D eigenvalue weighted by Crippen LogP contribution is -2.15. The second-order valence-corrected chi connectivity index (χ2v) is 3.42. The number of nitrogen functional groups attached to an aromatic ring is 1. The fraction of sp³-hybridized carbons (Fsp3) is 0.364. The maximum Gasteiger partial charge on any atom is 0.392 e. The maximum absolute atomic E-state index is 11.9. The fourth-order valence-electron chi connectivity index (χ4n) is 1.24. The number of anilines is 1. The average Bonchev–Trinajstić information content (AvgIpc) is 2.27. The summed E-state index contributed by atoms with van der Waals surface area (Å²) in [4.78, 5) is 11.5. The van der Waals surface area contributed by atoms with Crippen LogP contribution in [0.5, 0.6) is 5.75 Å². The normalized spacial score (nSPS) is 11.1. The van der Waals surface area contributed by atoms with Crippen LogP contribution in [0.25, 0.3) is 0 Å². The van der Waals surface area contributed by atoms with Crippen LogP contribution in [-0.4, -0.2) is 25.9 Å². The van der Waals surface area contributed by atoms with Gasteiger partial charge in [-0.1, -0.05) is 6.07 Å². The van der Waals surface area contributed by atoms with Crippen molar-refractivity contribution < 1.29 is 27.4 Å². The SMILES string of the molecule is COc1cccc(C(=O)OCCC(F)(F)F)c1N. The Morgan fingerprint density at radius 3 is 2.61 bits per heavy atom. The van der Waals surface area contributed by atoms with E-state index >= 15 is 0 Å². The van der Waals surface area contributed by atoms with Gasteiger partial charge in [0.25, 0.3) is 0 Å². The van der Waals surface area contributed by atoms with Crippen molar-refractivity contribution in [3.8, 4) is 5.75 Å². The molecule has 100 valence electrons. The highest BCUT2D eigenvalue weighted by Crippen LogP contribution is 2.25. The summed E-state index contributed by atoms with van der Waals surface area (Å²) in [6.07, 6.45) is -5.55. The van der Waals surface area contributed by atoms with E-state index in [-0.39, 0.29) is 17.0 Å². The smallest absolute Gasteiger partial charge is 0.392 e. The van der Waals surface area contributed by atoms with Crippen LogP contribution in [-0.2, 0) is 4.74 Å². The van der Waals surface area contributed by atoms with Gasteiger partial charge in [0, 0.05) is 0 Å². The quantitative estimate of drug-likeness (QED) is 0.669. The lowest BCUT2D eigenvalue weighted by atomic mass is 10.1. The molecule has 1 aromatic carbocycles. The van der Waals surface area contributed by atoms with Gasteiger partial charge in [-0.15, -0.1) is 0 Å². The van der Waals surface area contributed by atoms with Crippen LogP contribution in [0, 0.1) is 0 Å². The summed E-state index contributed by atoms with van der Waals surface area (Å²) in [5.74, 6) is -0.643. The van der Waals surface area contributed by atoms with Crippen LogP contribution in [0.4, 0.5) is 18.9 Å².